The molecule has 0 amide bonds. The van der Waals surface area contributed by atoms with E-state index in [-0.39, 0.29) is 0 Å². The number of benzene rings is 1. The van der Waals surface area contributed by atoms with E-state index < -0.39 is 0 Å². The Hall–Kier alpha value is -1.42. The first kappa shape index (κ1) is 14.0. The highest BCUT2D eigenvalue weighted by molar-refractivity contribution is 9.10. The predicted octanol–water partition coefficient (Wildman–Crippen LogP) is 3.82. The molecule has 0 unspecified atom stereocenters. The molecule has 2 rings (SSSR count). The van der Waals surface area contributed by atoms with Crippen LogP contribution in [-0.2, 0) is 12.8 Å². The van der Waals surface area contributed by atoms with Crippen molar-refractivity contribution in [1.82, 2.24) is 9.97 Å². The Balaban J connectivity index is 2.23. The number of rotatable bonds is 5. The van der Waals surface area contributed by atoms with Crippen molar-refractivity contribution in [2.75, 3.05) is 11.9 Å². The Morgan fingerprint density at radius 3 is 2.47 bits per heavy atom. The van der Waals surface area contributed by atoms with Gasteiger partial charge in [-0.15, -0.1) is 0 Å². The summed E-state index contributed by atoms with van der Waals surface area (Å²) in [6.07, 6.45) is 1.69. The molecule has 0 aliphatic carbocycles. The van der Waals surface area contributed by atoms with E-state index in [0.717, 1.165) is 41.2 Å². The van der Waals surface area contributed by atoms with Crippen LogP contribution in [0, 0.1) is 0 Å². The SMILES string of the molecule is CCNc1cc(CC)nc(Cc2ccc(Br)cc2)n1. The molecule has 0 atom stereocenters. The zero-order chi connectivity index (χ0) is 13.7. The number of hydrogen-bond donors (Lipinski definition) is 1. The summed E-state index contributed by atoms with van der Waals surface area (Å²) in [6, 6.07) is 10.3. The van der Waals surface area contributed by atoms with Gasteiger partial charge in [-0.25, -0.2) is 9.97 Å². The maximum Gasteiger partial charge on any atom is 0.135 e. The maximum absolute atomic E-state index is 4.59. The molecule has 100 valence electrons. The van der Waals surface area contributed by atoms with Crippen molar-refractivity contribution in [2.24, 2.45) is 0 Å². The van der Waals surface area contributed by atoms with Crippen LogP contribution in [-0.4, -0.2) is 16.5 Å². The molecule has 0 saturated heterocycles. The summed E-state index contributed by atoms with van der Waals surface area (Å²) in [6.45, 7) is 5.06. The largest absolute Gasteiger partial charge is 0.370 e. The molecular formula is C15H18BrN3. The van der Waals surface area contributed by atoms with Gasteiger partial charge >= 0.3 is 0 Å². The normalized spacial score (nSPS) is 10.5. The number of nitrogens with one attached hydrogen (secondary N) is 1. The van der Waals surface area contributed by atoms with Crippen LogP contribution in [0.4, 0.5) is 5.82 Å². The van der Waals surface area contributed by atoms with Crippen molar-refractivity contribution in [3.05, 3.63) is 51.9 Å². The molecule has 1 heterocycles. The fourth-order valence-electron chi connectivity index (χ4n) is 1.87. The van der Waals surface area contributed by atoms with Crippen LogP contribution in [0.1, 0.15) is 30.9 Å². The molecule has 0 radical (unpaired) electrons. The van der Waals surface area contributed by atoms with Gasteiger partial charge < -0.3 is 5.32 Å². The summed E-state index contributed by atoms with van der Waals surface area (Å²) in [7, 11) is 0. The number of anilines is 1. The summed E-state index contributed by atoms with van der Waals surface area (Å²) in [4.78, 5) is 9.14. The van der Waals surface area contributed by atoms with Crippen molar-refractivity contribution in [3.8, 4) is 0 Å². The summed E-state index contributed by atoms with van der Waals surface area (Å²) in [5.41, 5.74) is 2.30. The molecule has 1 aromatic heterocycles. The minimum atomic E-state index is 0.763. The van der Waals surface area contributed by atoms with Crippen molar-refractivity contribution in [2.45, 2.75) is 26.7 Å². The first-order chi connectivity index (χ1) is 9.21. The van der Waals surface area contributed by atoms with Gasteiger partial charge in [-0.3, -0.25) is 0 Å². The third-order valence-corrected chi connectivity index (χ3v) is 3.35. The molecule has 19 heavy (non-hydrogen) atoms. The molecule has 0 fully saturated rings. The highest BCUT2D eigenvalue weighted by Crippen LogP contribution is 2.14. The molecule has 0 saturated carbocycles. The van der Waals surface area contributed by atoms with Crippen molar-refractivity contribution in [3.63, 3.8) is 0 Å². The van der Waals surface area contributed by atoms with Crippen LogP contribution < -0.4 is 5.32 Å². The predicted molar refractivity (Wildman–Crippen MR) is 82.5 cm³/mol. The Morgan fingerprint density at radius 2 is 1.84 bits per heavy atom. The zero-order valence-electron chi connectivity index (χ0n) is 11.3. The second-order valence-corrected chi connectivity index (χ2v) is 5.26. The van der Waals surface area contributed by atoms with Crippen molar-refractivity contribution in [1.29, 1.82) is 0 Å². The summed E-state index contributed by atoms with van der Waals surface area (Å²) in [5.74, 6) is 1.79. The fraction of sp³-hybridized carbons (Fsp3) is 0.333. The van der Waals surface area contributed by atoms with Crippen LogP contribution in [0.15, 0.2) is 34.8 Å². The van der Waals surface area contributed by atoms with Crippen LogP contribution in [0.2, 0.25) is 0 Å². The van der Waals surface area contributed by atoms with E-state index in [1.165, 1.54) is 5.56 Å². The third kappa shape index (κ3) is 4.03. The monoisotopic (exact) mass is 319 g/mol. The first-order valence-corrected chi connectivity index (χ1v) is 7.35. The zero-order valence-corrected chi connectivity index (χ0v) is 12.9. The van der Waals surface area contributed by atoms with Gasteiger partial charge in [0.15, 0.2) is 0 Å². The summed E-state index contributed by atoms with van der Waals surface area (Å²) >= 11 is 3.44. The molecule has 0 bridgehead atoms. The average Bonchev–Trinajstić information content (AvgIpc) is 2.41. The van der Waals surface area contributed by atoms with Crippen molar-refractivity contribution < 1.29 is 0 Å². The van der Waals surface area contributed by atoms with E-state index in [4.69, 9.17) is 0 Å². The number of nitrogens with zero attached hydrogens (tertiary/aromatic N) is 2. The molecule has 1 N–H and O–H groups in total. The second-order valence-electron chi connectivity index (χ2n) is 4.35. The minimum Gasteiger partial charge on any atom is -0.370 e. The van der Waals surface area contributed by atoms with Crippen LogP contribution >= 0.6 is 15.9 Å². The Kier molecular flexibility index (Phi) is 4.91. The van der Waals surface area contributed by atoms with Gasteiger partial charge in [0.1, 0.15) is 11.6 Å². The van der Waals surface area contributed by atoms with Gasteiger partial charge in [-0.2, -0.15) is 0 Å². The lowest BCUT2D eigenvalue weighted by Crippen LogP contribution is -2.06. The lowest BCUT2D eigenvalue weighted by molar-refractivity contribution is 0.903. The molecule has 1 aromatic carbocycles. The van der Waals surface area contributed by atoms with E-state index in [1.54, 1.807) is 0 Å². The van der Waals surface area contributed by atoms with Gasteiger partial charge in [0, 0.05) is 29.2 Å². The van der Waals surface area contributed by atoms with Gasteiger partial charge in [0.2, 0.25) is 0 Å². The van der Waals surface area contributed by atoms with Gasteiger partial charge in [0.05, 0.1) is 0 Å². The van der Waals surface area contributed by atoms with Gasteiger partial charge in [-0.05, 0) is 31.0 Å². The molecule has 2 aromatic rings. The molecule has 4 heteroatoms. The minimum absolute atomic E-state index is 0.763. The van der Waals surface area contributed by atoms with Gasteiger partial charge in [0.25, 0.3) is 0 Å². The maximum atomic E-state index is 4.59. The first-order valence-electron chi connectivity index (χ1n) is 6.56. The summed E-state index contributed by atoms with van der Waals surface area (Å²) < 4.78 is 1.09. The smallest absolute Gasteiger partial charge is 0.135 e. The van der Waals surface area contributed by atoms with E-state index in [0.29, 0.717) is 0 Å². The molecular weight excluding hydrogens is 302 g/mol. The number of aromatic nitrogens is 2. The molecule has 0 aliphatic rings. The van der Waals surface area contributed by atoms with Crippen LogP contribution in [0.5, 0.6) is 0 Å². The Morgan fingerprint density at radius 1 is 1.11 bits per heavy atom. The second kappa shape index (κ2) is 6.66. The quantitative estimate of drug-likeness (QED) is 0.910. The lowest BCUT2D eigenvalue weighted by Gasteiger charge is -2.08. The number of hydrogen-bond acceptors (Lipinski definition) is 3. The Bertz CT molecular complexity index is 538. The highest BCUT2D eigenvalue weighted by Gasteiger charge is 2.04. The average molecular weight is 320 g/mol. The van der Waals surface area contributed by atoms with E-state index >= 15 is 0 Å². The van der Waals surface area contributed by atoms with E-state index in [1.807, 2.05) is 18.2 Å². The van der Waals surface area contributed by atoms with E-state index in [2.05, 4.69) is 57.2 Å². The van der Waals surface area contributed by atoms with Crippen molar-refractivity contribution >= 4 is 21.7 Å². The Labute approximate surface area is 122 Å². The lowest BCUT2D eigenvalue weighted by atomic mass is 10.1. The molecule has 3 nitrogen and oxygen atoms in total. The summed E-state index contributed by atoms with van der Waals surface area (Å²) in [5, 5.41) is 3.26. The van der Waals surface area contributed by atoms with Crippen LogP contribution in [0.25, 0.3) is 0 Å². The number of aryl methyl sites for hydroxylation is 1. The standard InChI is InChI=1S/C15H18BrN3/c1-3-13-10-14(17-4-2)19-15(18-13)9-11-5-7-12(16)8-6-11/h5-8,10H,3-4,9H2,1-2H3,(H,17,18,19). The fourth-order valence-corrected chi connectivity index (χ4v) is 2.13. The van der Waals surface area contributed by atoms with E-state index in [9.17, 15) is 0 Å². The van der Waals surface area contributed by atoms with Gasteiger partial charge in [-0.1, -0.05) is 35.0 Å². The molecule has 0 spiro atoms. The third-order valence-electron chi connectivity index (χ3n) is 2.82. The topological polar surface area (TPSA) is 37.8 Å². The molecule has 0 aliphatic heterocycles. The van der Waals surface area contributed by atoms with Crippen LogP contribution in [0.3, 0.4) is 0 Å². The number of halogens is 1. The highest BCUT2D eigenvalue weighted by atomic mass is 79.9.